The van der Waals surface area contributed by atoms with E-state index in [-0.39, 0.29) is 42.7 Å². The van der Waals surface area contributed by atoms with Gasteiger partial charge in [-0.05, 0) is 59.5 Å². The highest BCUT2D eigenvalue weighted by Crippen LogP contribution is 2.36. The van der Waals surface area contributed by atoms with Crippen LogP contribution in [-0.4, -0.2) is 89.0 Å². The molecule has 1 aromatic carbocycles. The quantitative estimate of drug-likeness (QED) is 0.157. The molecule has 286 valence electrons. The second-order valence-electron chi connectivity index (χ2n) is 17.4. The first-order valence-corrected chi connectivity index (χ1v) is 18.8. The summed E-state index contributed by atoms with van der Waals surface area (Å²) < 4.78 is 0. The Kier molecular flexibility index (Phi) is 13.0. The second kappa shape index (κ2) is 16.6. The van der Waals surface area contributed by atoms with E-state index in [9.17, 15) is 28.8 Å². The number of nitrogens with zero attached hydrogens (tertiary/aromatic N) is 2. The maximum absolute atomic E-state index is 14.5. The fourth-order valence-electron chi connectivity index (χ4n) is 7.26. The fraction of sp³-hybridized carbons (Fsp3) is 0.650. The van der Waals surface area contributed by atoms with Crippen LogP contribution in [0.2, 0.25) is 0 Å². The molecule has 0 aromatic heterocycles. The summed E-state index contributed by atoms with van der Waals surface area (Å²) >= 11 is 0. The van der Waals surface area contributed by atoms with Gasteiger partial charge in [0.15, 0.2) is 0 Å². The molecule has 2 heterocycles. The molecule has 0 spiro atoms. The molecule has 12 heteroatoms. The monoisotopic (exact) mass is 720 g/mol. The number of ketones is 1. The molecule has 12 nitrogen and oxygen atoms in total. The normalized spacial score (nSPS) is 20.5. The van der Waals surface area contributed by atoms with Gasteiger partial charge in [0.05, 0.1) is 12.1 Å². The van der Waals surface area contributed by atoms with Crippen molar-refractivity contribution in [3.8, 4) is 0 Å². The number of carbonyl (C=O) groups excluding carboxylic acids is 6. The molecule has 0 radical (unpaired) electrons. The predicted octanol–water partition coefficient (Wildman–Crippen LogP) is 4.19. The van der Waals surface area contributed by atoms with Crippen LogP contribution in [0.25, 0.3) is 0 Å². The molecule has 1 aromatic rings. The summed E-state index contributed by atoms with van der Waals surface area (Å²) in [6.45, 7) is 20.4. The molecule has 4 N–H and O–H groups in total. The van der Waals surface area contributed by atoms with Gasteiger partial charge in [-0.2, -0.15) is 0 Å². The molecule has 1 aliphatic carbocycles. The van der Waals surface area contributed by atoms with Crippen molar-refractivity contribution in [2.24, 2.45) is 28.6 Å². The van der Waals surface area contributed by atoms with Crippen LogP contribution in [0.3, 0.4) is 0 Å². The van der Waals surface area contributed by atoms with Crippen LogP contribution in [0.4, 0.5) is 4.79 Å². The smallest absolute Gasteiger partial charge is 0.315 e. The largest absolute Gasteiger partial charge is 0.346 e. The molecule has 4 rings (SSSR count). The van der Waals surface area contributed by atoms with E-state index in [1.54, 1.807) is 9.80 Å². The van der Waals surface area contributed by atoms with E-state index < -0.39 is 58.6 Å². The van der Waals surface area contributed by atoms with Gasteiger partial charge in [0, 0.05) is 31.7 Å². The Hall–Kier alpha value is -4.22. The molecular weight excluding hydrogens is 660 g/mol. The van der Waals surface area contributed by atoms with Crippen LogP contribution in [0.5, 0.6) is 0 Å². The topological polar surface area (TPSA) is 157 Å². The minimum Gasteiger partial charge on any atom is -0.346 e. The Balaban J connectivity index is 1.52. The average molecular weight is 721 g/mol. The minimum absolute atomic E-state index is 0.0810. The van der Waals surface area contributed by atoms with Gasteiger partial charge in [-0.25, -0.2) is 4.79 Å². The molecule has 52 heavy (non-hydrogen) atoms. The Morgan fingerprint density at radius 2 is 1.60 bits per heavy atom. The van der Waals surface area contributed by atoms with Gasteiger partial charge in [0.25, 0.3) is 11.8 Å². The van der Waals surface area contributed by atoms with Crippen molar-refractivity contribution >= 4 is 35.4 Å². The van der Waals surface area contributed by atoms with Crippen molar-refractivity contribution in [1.82, 2.24) is 31.1 Å². The fourth-order valence-corrected chi connectivity index (χ4v) is 7.26. The van der Waals surface area contributed by atoms with Gasteiger partial charge < -0.3 is 31.1 Å². The van der Waals surface area contributed by atoms with Gasteiger partial charge in [-0.1, -0.05) is 92.5 Å². The molecule has 1 saturated heterocycles. The van der Waals surface area contributed by atoms with Gasteiger partial charge in [0.2, 0.25) is 17.6 Å². The van der Waals surface area contributed by atoms with E-state index in [4.69, 9.17) is 0 Å². The standard InChI is InChI=1S/C40H60N6O6/c1-10-18-41-35(49)32(47)29(21-25-15-16-25)42-34(48)31-26(20-24(2)3)17-19-46(31)37(51)33(40(7,8)9)44-38(52)43-30(39(4,5)6)23-45-22-27-13-11-12-14-28(27)36(45)50/h10-14,24-26,29-31,33H,1,15-23H2,2-9H3,(H,41,49)(H,42,48)(H2,43,44,52)/t26-,29?,30-,31?,33-/m1/s1. The number of amides is 6. The molecule has 2 fully saturated rings. The Labute approximate surface area is 309 Å². The zero-order valence-corrected chi connectivity index (χ0v) is 32.3. The lowest BCUT2D eigenvalue weighted by Crippen LogP contribution is -2.62. The van der Waals surface area contributed by atoms with Gasteiger partial charge >= 0.3 is 6.03 Å². The number of nitrogens with one attached hydrogen (secondary N) is 4. The van der Waals surface area contributed by atoms with E-state index in [0.29, 0.717) is 37.9 Å². The molecule has 0 bridgehead atoms. The number of fused-ring (bicyclic) bond motifs is 1. The highest BCUT2D eigenvalue weighted by Gasteiger charge is 2.47. The number of hydrogen-bond donors (Lipinski definition) is 4. The minimum atomic E-state index is -1.01. The first-order valence-electron chi connectivity index (χ1n) is 18.8. The molecular formula is C40H60N6O6. The molecule has 6 amide bonds. The van der Waals surface area contributed by atoms with Crippen molar-refractivity contribution in [3.63, 3.8) is 0 Å². The van der Waals surface area contributed by atoms with Gasteiger partial charge in [-0.15, -0.1) is 6.58 Å². The summed E-state index contributed by atoms with van der Waals surface area (Å²) in [4.78, 5) is 84.9. The number of Topliss-reactive ketones (excluding diaryl/α,β-unsaturated/α-hetero) is 1. The average Bonchev–Trinajstić information content (AvgIpc) is 3.70. The van der Waals surface area contributed by atoms with Crippen LogP contribution in [0, 0.1) is 28.6 Å². The zero-order chi connectivity index (χ0) is 38.5. The number of rotatable bonds is 15. The maximum atomic E-state index is 14.5. The SMILES string of the molecule is C=CCNC(=O)C(=O)C(CC1CC1)NC(=O)C1[C@@H](CC(C)C)CCN1C(=O)[C@@H](NC(=O)N[C@H](CN1Cc2ccccc2C1=O)C(C)(C)C)C(C)(C)C. The lowest BCUT2D eigenvalue weighted by Gasteiger charge is -2.38. The lowest BCUT2D eigenvalue weighted by molar-refractivity contribution is -0.144. The van der Waals surface area contributed by atoms with E-state index in [2.05, 4.69) is 41.7 Å². The van der Waals surface area contributed by atoms with E-state index in [1.807, 2.05) is 65.8 Å². The number of hydrogen-bond acceptors (Lipinski definition) is 6. The van der Waals surface area contributed by atoms with E-state index >= 15 is 0 Å². The van der Waals surface area contributed by atoms with Crippen molar-refractivity contribution in [3.05, 3.63) is 48.0 Å². The summed E-state index contributed by atoms with van der Waals surface area (Å²) in [7, 11) is 0. The third-order valence-corrected chi connectivity index (χ3v) is 10.4. The van der Waals surface area contributed by atoms with Crippen LogP contribution < -0.4 is 21.3 Å². The molecule has 2 unspecified atom stereocenters. The maximum Gasteiger partial charge on any atom is 0.315 e. The Bertz CT molecular complexity index is 1520. The molecule has 5 atom stereocenters. The third kappa shape index (κ3) is 10.2. The predicted molar refractivity (Wildman–Crippen MR) is 200 cm³/mol. The molecule has 2 aliphatic heterocycles. The zero-order valence-electron chi connectivity index (χ0n) is 32.3. The van der Waals surface area contributed by atoms with Gasteiger partial charge in [0.1, 0.15) is 12.1 Å². The van der Waals surface area contributed by atoms with Crippen molar-refractivity contribution < 1.29 is 28.8 Å². The second-order valence-corrected chi connectivity index (χ2v) is 17.4. The highest BCUT2D eigenvalue weighted by molar-refractivity contribution is 6.38. The highest BCUT2D eigenvalue weighted by atomic mass is 16.2. The van der Waals surface area contributed by atoms with Gasteiger partial charge in [-0.3, -0.25) is 24.0 Å². The summed E-state index contributed by atoms with van der Waals surface area (Å²) in [6, 6.07) is 3.63. The molecule has 1 saturated carbocycles. The van der Waals surface area contributed by atoms with Crippen LogP contribution in [0.1, 0.15) is 103 Å². The van der Waals surface area contributed by atoms with Crippen molar-refractivity contribution in [2.45, 2.75) is 118 Å². The number of urea groups is 1. The van der Waals surface area contributed by atoms with Crippen molar-refractivity contribution in [1.29, 1.82) is 0 Å². The lowest BCUT2D eigenvalue weighted by atomic mass is 9.84. The number of carbonyl (C=O) groups is 6. The summed E-state index contributed by atoms with van der Waals surface area (Å²) in [6.07, 6.45) is 4.97. The van der Waals surface area contributed by atoms with Crippen LogP contribution >= 0.6 is 0 Å². The van der Waals surface area contributed by atoms with Crippen LogP contribution in [0.15, 0.2) is 36.9 Å². The number of benzene rings is 1. The Morgan fingerprint density at radius 3 is 2.17 bits per heavy atom. The summed E-state index contributed by atoms with van der Waals surface area (Å²) in [5, 5.41) is 11.4. The van der Waals surface area contributed by atoms with E-state index in [0.717, 1.165) is 18.4 Å². The summed E-state index contributed by atoms with van der Waals surface area (Å²) in [5.74, 6) is -2.10. The van der Waals surface area contributed by atoms with E-state index in [1.165, 1.54) is 6.08 Å². The Morgan fingerprint density at radius 1 is 0.923 bits per heavy atom. The van der Waals surface area contributed by atoms with Crippen LogP contribution in [-0.2, 0) is 25.7 Å². The summed E-state index contributed by atoms with van der Waals surface area (Å²) in [5.41, 5.74) is 0.454. The first-order chi connectivity index (χ1) is 24.3. The number of likely N-dealkylation sites (tertiary alicyclic amines) is 1. The first kappa shape index (κ1) is 40.5. The third-order valence-electron chi connectivity index (χ3n) is 10.4. The van der Waals surface area contributed by atoms with Crippen molar-refractivity contribution in [2.75, 3.05) is 19.6 Å². The molecule has 3 aliphatic rings.